The average molecular weight is 383 g/mol. The summed E-state index contributed by atoms with van der Waals surface area (Å²) in [4.78, 5) is 48.8. The highest BCUT2D eigenvalue weighted by atomic mass is 79.9. The Balaban J connectivity index is 1.80. The van der Waals surface area contributed by atoms with Gasteiger partial charge in [-0.05, 0) is 28.1 Å². The Bertz CT molecular complexity index is 664. The zero-order chi connectivity index (χ0) is 17.0. The molecule has 1 aromatic carbocycles. The van der Waals surface area contributed by atoms with Gasteiger partial charge in [0, 0.05) is 11.5 Å². The van der Waals surface area contributed by atoms with Gasteiger partial charge >= 0.3 is 6.03 Å². The number of carbonyl (C=O) groups is 4. The molecule has 0 bridgehead atoms. The summed E-state index contributed by atoms with van der Waals surface area (Å²) in [5.74, 6) is -1.43. The lowest BCUT2D eigenvalue weighted by Gasteiger charge is -2.14. The minimum absolute atomic E-state index is 0.0470. The summed E-state index contributed by atoms with van der Waals surface area (Å²) in [6, 6.07) is 6.53. The Morgan fingerprint density at radius 2 is 1.91 bits per heavy atom. The number of nitrogens with one attached hydrogen (secondary N) is 2. The van der Waals surface area contributed by atoms with Crippen LogP contribution in [-0.2, 0) is 14.4 Å². The number of urea groups is 1. The number of hydrogen-bond acceptors (Lipinski definition) is 4. The maximum absolute atomic E-state index is 11.8. The van der Waals surface area contributed by atoms with E-state index < -0.39 is 30.3 Å². The molecule has 0 saturated carbocycles. The fraction of sp³-hybridized carbons (Fsp3) is 0.286. The first kappa shape index (κ1) is 16.9. The maximum atomic E-state index is 11.8. The summed E-state index contributed by atoms with van der Waals surface area (Å²) in [6.45, 7) is -0.703. The lowest BCUT2D eigenvalue weighted by atomic mass is 10.3. The van der Waals surface area contributed by atoms with E-state index in [1.165, 1.54) is 11.9 Å². The van der Waals surface area contributed by atoms with Gasteiger partial charge in [0.2, 0.25) is 11.8 Å². The van der Waals surface area contributed by atoms with E-state index in [2.05, 4.69) is 26.6 Å². The van der Waals surface area contributed by atoms with Gasteiger partial charge in [0.1, 0.15) is 13.1 Å². The minimum Gasteiger partial charge on any atom is -0.345 e. The molecule has 1 heterocycles. The Kier molecular flexibility index (Phi) is 5.32. The van der Waals surface area contributed by atoms with Crippen molar-refractivity contribution >= 4 is 45.4 Å². The summed E-state index contributed by atoms with van der Waals surface area (Å²) < 4.78 is 0.718. The number of imide groups is 1. The SMILES string of the molecule is CN1CC(=O)N(CC(=O)NCC(=O)Nc2ccccc2Br)C1=O. The van der Waals surface area contributed by atoms with Crippen LogP contribution in [0.15, 0.2) is 28.7 Å². The topological polar surface area (TPSA) is 98.8 Å². The van der Waals surface area contributed by atoms with Crippen LogP contribution < -0.4 is 10.6 Å². The molecular formula is C14H15BrN4O4. The first-order valence-electron chi connectivity index (χ1n) is 6.75. The predicted molar refractivity (Wildman–Crippen MR) is 85.5 cm³/mol. The predicted octanol–water partition coefficient (Wildman–Crippen LogP) is 0.398. The number of amides is 5. The van der Waals surface area contributed by atoms with E-state index in [4.69, 9.17) is 0 Å². The largest absolute Gasteiger partial charge is 0.345 e. The molecule has 122 valence electrons. The van der Waals surface area contributed by atoms with Gasteiger partial charge in [0.05, 0.1) is 12.2 Å². The van der Waals surface area contributed by atoms with E-state index in [-0.39, 0.29) is 13.1 Å². The second-order valence-electron chi connectivity index (χ2n) is 4.92. The zero-order valence-corrected chi connectivity index (χ0v) is 13.9. The van der Waals surface area contributed by atoms with Crippen molar-refractivity contribution < 1.29 is 19.2 Å². The standard InChI is InChI=1S/C14H15BrN4O4/c1-18-8-13(22)19(14(18)23)7-12(21)16-6-11(20)17-10-5-3-2-4-9(10)15/h2-5H,6-8H2,1H3,(H,16,21)(H,17,20). The van der Waals surface area contributed by atoms with Crippen molar-refractivity contribution in [1.29, 1.82) is 0 Å². The molecule has 8 nitrogen and oxygen atoms in total. The third kappa shape index (κ3) is 4.28. The molecular weight excluding hydrogens is 368 g/mol. The Labute approximate surface area is 140 Å². The van der Waals surface area contributed by atoms with Gasteiger partial charge < -0.3 is 15.5 Å². The number of carbonyl (C=O) groups excluding carboxylic acids is 4. The molecule has 1 aliphatic rings. The van der Waals surface area contributed by atoms with Crippen molar-refractivity contribution in [3.8, 4) is 0 Å². The molecule has 2 rings (SSSR count). The van der Waals surface area contributed by atoms with Crippen LogP contribution in [0.1, 0.15) is 0 Å². The molecule has 5 amide bonds. The number of hydrogen-bond donors (Lipinski definition) is 2. The van der Waals surface area contributed by atoms with Crippen LogP contribution in [0.3, 0.4) is 0 Å². The molecule has 1 fully saturated rings. The van der Waals surface area contributed by atoms with E-state index in [1.807, 2.05) is 6.07 Å². The highest BCUT2D eigenvalue weighted by Gasteiger charge is 2.34. The summed E-state index contributed by atoms with van der Waals surface area (Å²) in [5, 5.41) is 5.00. The Morgan fingerprint density at radius 1 is 1.22 bits per heavy atom. The number of para-hydroxylation sites is 1. The first-order chi connectivity index (χ1) is 10.9. The second kappa shape index (κ2) is 7.23. The van der Waals surface area contributed by atoms with E-state index in [0.717, 1.165) is 9.37 Å². The second-order valence-corrected chi connectivity index (χ2v) is 5.78. The van der Waals surface area contributed by atoms with Crippen molar-refractivity contribution in [1.82, 2.24) is 15.1 Å². The third-order valence-electron chi connectivity index (χ3n) is 3.13. The molecule has 0 radical (unpaired) electrons. The van der Waals surface area contributed by atoms with Gasteiger partial charge in [-0.15, -0.1) is 0 Å². The highest BCUT2D eigenvalue weighted by molar-refractivity contribution is 9.10. The van der Waals surface area contributed by atoms with Crippen LogP contribution in [0, 0.1) is 0 Å². The first-order valence-corrected chi connectivity index (χ1v) is 7.54. The average Bonchev–Trinajstić information content (AvgIpc) is 2.74. The molecule has 23 heavy (non-hydrogen) atoms. The number of nitrogens with zero attached hydrogens (tertiary/aromatic N) is 2. The van der Waals surface area contributed by atoms with Crippen LogP contribution in [0.5, 0.6) is 0 Å². The Morgan fingerprint density at radius 3 is 2.52 bits per heavy atom. The number of halogens is 1. The zero-order valence-electron chi connectivity index (χ0n) is 12.3. The lowest BCUT2D eigenvalue weighted by molar-refractivity contribution is -0.131. The molecule has 1 aromatic rings. The van der Waals surface area contributed by atoms with Gasteiger partial charge in [-0.2, -0.15) is 0 Å². The van der Waals surface area contributed by atoms with Gasteiger partial charge in [-0.25, -0.2) is 4.79 Å². The molecule has 0 spiro atoms. The van der Waals surface area contributed by atoms with Crippen LogP contribution >= 0.6 is 15.9 Å². The van der Waals surface area contributed by atoms with Gasteiger partial charge in [-0.1, -0.05) is 12.1 Å². The Hall–Kier alpha value is -2.42. The fourth-order valence-electron chi connectivity index (χ4n) is 1.96. The third-order valence-corrected chi connectivity index (χ3v) is 3.82. The molecule has 0 aromatic heterocycles. The summed E-state index contributed by atoms with van der Waals surface area (Å²) >= 11 is 3.29. The van der Waals surface area contributed by atoms with Crippen LogP contribution in [0.2, 0.25) is 0 Å². The quantitative estimate of drug-likeness (QED) is 0.719. The number of likely N-dealkylation sites (N-methyl/N-ethyl adjacent to an activating group) is 1. The monoisotopic (exact) mass is 382 g/mol. The molecule has 0 unspecified atom stereocenters. The van der Waals surface area contributed by atoms with Crippen molar-refractivity contribution in [2.75, 3.05) is 32.0 Å². The minimum atomic E-state index is -0.579. The van der Waals surface area contributed by atoms with Crippen molar-refractivity contribution in [3.63, 3.8) is 0 Å². The lowest BCUT2D eigenvalue weighted by Crippen LogP contribution is -2.43. The van der Waals surface area contributed by atoms with E-state index >= 15 is 0 Å². The molecule has 1 saturated heterocycles. The number of rotatable bonds is 5. The van der Waals surface area contributed by atoms with Crippen LogP contribution in [-0.4, -0.2) is 60.2 Å². The summed E-state index contributed by atoms with van der Waals surface area (Å²) in [5.41, 5.74) is 0.582. The summed E-state index contributed by atoms with van der Waals surface area (Å²) in [7, 11) is 1.48. The number of benzene rings is 1. The number of anilines is 1. The fourth-order valence-corrected chi connectivity index (χ4v) is 2.34. The molecule has 0 aliphatic carbocycles. The van der Waals surface area contributed by atoms with Gasteiger partial charge in [0.15, 0.2) is 0 Å². The van der Waals surface area contributed by atoms with E-state index in [9.17, 15) is 19.2 Å². The molecule has 9 heteroatoms. The van der Waals surface area contributed by atoms with Crippen LogP contribution in [0.4, 0.5) is 10.5 Å². The van der Waals surface area contributed by atoms with E-state index in [1.54, 1.807) is 18.2 Å². The summed E-state index contributed by atoms with van der Waals surface area (Å²) in [6.07, 6.45) is 0. The highest BCUT2D eigenvalue weighted by Crippen LogP contribution is 2.20. The molecule has 2 N–H and O–H groups in total. The van der Waals surface area contributed by atoms with Gasteiger partial charge in [0.25, 0.3) is 5.91 Å². The maximum Gasteiger partial charge on any atom is 0.327 e. The van der Waals surface area contributed by atoms with E-state index in [0.29, 0.717) is 5.69 Å². The van der Waals surface area contributed by atoms with Crippen molar-refractivity contribution in [2.45, 2.75) is 0 Å². The van der Waals surface area contributed by atoms with Crippen molar-refractivity contribution in [3.05, 3.63) is 28.7 Å². The smallest absolute Gasteiger partial charge is 0.327 e. The molecule has 0 atom stereocenters. The molecule has 1 aliphatic heterocycles. The van der Waals surface area contributed by atoms with Gasteiger partial charge in [-0.3, -0.25) is 19.3 Å². The van der Waals surface area contributed by atoms with Crippen molar-refractivity contribution in [2.24, 2.45) is 0 Å². The van der Waals surface area contributed by atoms with Crippen LogP contribution in [0.25, 0.3) is 0 Å². The normalized spacial score (nSPS) is 14.2.